The molecule has 1 amide bonds. The van der Waals surface area contributed by atoms with Gasteiger partial charge >= 0.3 is 11.7 Å². The van der Waals surface area contributed by atoms with Gasteiger partial charge in [0.1, 0.15) is 11.2 Å². The van der Waals surface area contributed by atoms with Crippen molar-refractivity contribution in [2.75, 3.05) is 31.1 Å². The number of rotatable bonds is 2. The minimum Gasteiger partial charge on any atom is -0.444 e. The highest BCUT2D eigenvalue weighted by Crippen LogP contribution is 2.25. The van der Waals surface area contributed by atoms with Crippen LogP contribution >= 0.6 is 0 Å². The number of anilines is 1. The number of hydrogen-bond donors (Lipinski definition) is 0. The van der Waals surface area contributed by atoms with E-state index in [1.54, 1.807) is 28.9 Å². The van der Waals surface area contributed by atoms with Gasteiger partial charge in [-0.15, -0.1) is 0 Å². The van der Waals surface area contributed by atoms with E-state index in [0.29, 0.717) is 43.0 Å². The number of aryl methyl sites for hydroxylation is 1. The third kappa shape index (κ3) is 4.17. The zero-order chi connectivity index (χ0) is 21.5. The van der Waals surface area contributed by atoms with E-state index in [2.05, 4.69) is 10.00 Å². The van der Waals surface area contributed by atoms with Crippen LogP contribution in [0.1, 0.15) is 20.8 Å². The van der Waals surface area contributed by atoms with Crippen LogP contribution in [0.3, 0.4) is 0 Å². The summed E-state index contributed by atoms with van der Waals surface area (Å²) < 4.78 is 12.7. The first-order valence-electron chi connectivity index (χ1n) is 10.0. The second-order valence-corrected chi connectivity index (χ2v) is 8.50. The smallest absolute Gasteiger partial charge is 0.410 e. The van der Waals surface area contributed by atoms with E-state index in [1.807, 2.05) is 45.0 Å². The number of aromatic nitrogens is 2. The lowest BCUT2D eigenvalue weighted by Gasteiger charge is -2.36. The van der Waals surface area contributed by atoms with Gasteiger partial charge < -0.3 is 19.0 Å². The zero-order valence-electron chi connectivity index (χ0n) is 17.7. The fourth-order valence-electron chi connectivity index (χ4n) is 3.51. The molecular weight excluding hydrogens is 384 g/mol. The standard InChI is InChI=1S/C22H26N4O4/c1-22(2,3)30-21(28)26-11-9-25(10-12-26)16-6-5-15-13-17(18-7-8-24(4)23-18)20(27)29-19(15)14-16/h5-8,13-14H,9-12H2,1-4H3. The van der Waals surface area contributed by atoms with Crippen molar-refractivity contribution in [3.05, 3.63) is 46.9 Å². The molecule has 158 valence electrons. The van der Waals surface area contributed by atoms with Crippen LogP contribution in [0, 0.1) is 0 Å². The van der Waals surface area contributed by atoms with Gasteiger partial charge in [-0.1, -0.05) is 0 Å². The van der Waals surface area contributed by atoms with Crippen LogP contribution in [-0.4, -0.2) is 52.6 Å². The highest BCUT2D eigenvalue weighted by atomic mass is 16.6. The number of ether oxygens (including phenoxy) is 1. The largest absolute Gasteiger partial charge is 0.444 e. The Bertz CT molecular complexity index is 1130. The van der Waals surface area contributed by atoms with Gasteiger partial charge in [0.2, 0.25) is 0 Å². The third-order valence-electron chi connectivity index (χ3n) is 5.01. The minimum atomic E-state index is -0.502. The summed E-state index contributed by atoms with van der Waals surface area (Å²) in [5.74, 6) is 0. The zero-order valence-corrected chi connectivity index (χ0v) is 17.7. The summed E-state index contributed by atoms with van der Waals surface area (Å²) in [4.78, 5) is 28.6. The van der Waals surface area contributed by atoms with Gasteiger partial charge in [0.05, 0.1) is 11.3 Å². The molecule has 3 heterocycles. The molecule has 1 fully saturated rings. The molecule has 0 saturated carbocycles. The maximum Gasteiger partial charge on any atom is 0.410 e. The van der Waals surface area contributed by atoms with Crippen molar-refractivity contribution in [2.45, 2.75) is 26.4 Å². The Balaban J connectivity index is 1.51. The molecule has 4 rings (SSSR count). The van der Waals surface area contributed by atoms with E-state index >= 15 is 0 Å². The number of fused-ring (bicyclic) bond motifs is 1. The molecule has 8 heteroatoms. The molecule has 0 spiro atoms. The van der Waals surface area contributed by atoms with E-state index in [-0.39, 0.29) is 6.09 Å². The number of carbonyl (C=O) groups is 1. The highest BCUT2D eigenvalue weighted by Gasteiger charge is 2.26. The lowest BCUT2D eigenvalue weighted by Crippen LogP contribution is -2.50. The molecule has 2 aromatic heterocycles. The lowest BCUT2D eigenvalue weighted by atomic mass is 10.1. The number of hydrogen-bond acceptors (Lipinski definition) is 6. The SMILES string of the molecule is Cn1ccc(-c2cc3ccc(N4CCN(C(=O)OC(C)(C)C)CC4)cc3oc2=O)n1. The number of piperazine rings is 1. The minimum absolute atomic E-state index is 0.284. The first-order valence-corrected chi connectivity index (χ1v) is 10.0. The number of nitrogens with zero attached hydrogens (tertiary/aromatic N) is 4. The van der Waals surface area contributed by atoms with Crippen molar-refractivity contribution < 1.29 is 13.9 Å². The second kappa shape index (κ2) is 7.51. The molecule has 1 aliphatic heterocycles. The molecule has 8 nitrogen and oxygen atoms in total. The van der Waals surface area contributed by atoms with Gasteiger partial charge in [-0.25, -0.2) is 9.59 Å². The molecule has 0 N–H and O–H groups in total. The summed E-state index contributed by atoms with van der Waals surface area (Å²) in [5, 5.41) is 5.13. The van der Waals surface area contributed by atoms with Crippen molar-refractivity contribution in [2.24, 2.45) is 7.05 Å². The van der Waals surface area contributed by atoms with Crippen molar-refractivity contribution >= 4 is 22.7 Å². The second-order valence-electron chi connectivity index (χ2n) is 8.50. The molecule has 3 aromatic rings. The van der Waals surface area contributed by atoms with Gasteiger partial charge in [0.15, 0.2) is 0 Å². The molecule has 1 aliphatic rings. The monoisotopic (exact) mass is 410 g/mol. The average molecular weight is 410 g/mol. The number of carbonyl (C=O) groups excluding carboxylic acids is 1. The summed E-state index contributed by atoms with van der Waals surface area (Å²) >= 11 is 0. The molecule has 0 aliphatic carbocycles. The van der Waals surface area contributed by atoms with Gasteiger partial charge in [-0.3, -0.25) is 4.68 Å². The Morgan fingerprint density at radius 3 is 2.47 bits per heavy atom. The quantitative estimate of drug-likeness (QED) is 0.604. The Labute approximate surface area is 174 Å². The predicted molar refractivity (Wildman–Crippen MR) is 115 cm³/mol. The maximum atomic E-state index is 12.5. The Kier molecular flexibility index (Phi) is 5.01. The number of amides is 1. The van der Waals surface area contributed by atoms with Gasteiger partial charge in [-0.05, 0) is 45.0 Å². The molecule has 1 aromatic carbocycles. The van der Waals surface area contributed by atoms with Crippen LogP contribution in [0.25, 0.3) is 22.2 Å². The third-order valence-corrected chi connectivity index (χ3v) is 5.01. The average Bonchev–Trinajstić information content (AvgIpc) is 3.12. The molecule has 30 heavy (non-hydrogen) atoms. The molecule has 0 atom stereocenters. The normalized spacial score (nSPS) is 14.9. The summed E-state index contributed by atoms with van der Waals surface area (Å²) in [6.07, 6.45) is 1.51. The van der Waals surface area contributed by atoms with E-state index in [9.17, 15) is 9.59 Å². The molecular formula is C22H26N4O4. The first-order chi connectivity index (χ1) is 14.2. The lowest BCUT2D eigenvalue weighted by molar-refractivity contribution is 0.0240. The van der Waals surface area contributed by atoms with Crippen LogP contribution in [0.4, 0.5) is 10.5 Å². The fourth-order valence-corrected chi connectivity index (χ4v) is 3.51. The van der Waals surface area contributed by atoms with Crippen LogP contribution in [-0.2, 0) is 11.8 Å². The summed E-state index contributed by atoms with van der Waals surface area (Å²) in [5.41, 5.74) is 1.62. The van der Waals surface area contributed by atoms with E-state index in [1.165, 1.54) is 0 Å². The van der Waals surface area contributed by atoms with E-state index < -0.39 is 11.2 Å². The fraction of sp³-hybridized carbons (Fsp3) is 0.409. The molecule has 0 unspecified atom stereocenters. The van der Waals surface area contributed by atoms with Crippen LogP contribution in [0.5, 0.6) is 0 Å². The van der Waals surface area contributed by atoms with Crippen LogP contribution < -0.4 is 10.5 Å². The summed E-state index contributed by atoms with van der Waals surface area (Å²) in [6.45, 7) is 8.11. The van der Waals surface area contributed by atoms with Crippen molar-refractivity contribution in [3.8, 4) is 11.3 Å². The Morgan fingerprint density at radius 2 is 1.83 bits per heavy atom. The topological polar surface area (TPSA) is 80.8 Å². The van der Waals surface area contributed by atoms with Crippen molar-refractivity contribution in [1.82, 2.24) is 14.7 Å². The Morgan fingerprint density at radius 1 is 1.10 bits per heavy atom. The Hall–Kier alpha value is -3.29. The molecule has 0 radical (unpaired) electrons. The molecule has 1 saturated heterocycles. The summed E-state index contributed by atoms with van der Waals surface area (Å²) in [7, 11) is 1.81. The highest BCUT2D eigenvalue weighted by molar-refractivity contribution is 5.84. The van der Waals surface area contributed by atoms with E-state index in [0.717, 1.165) is 11.1 Å². The predicted octanol–water partition coefficient (Wildman–Crippen LogP) is 3.25. The van der Waals surface area contributed by atoms with Gasteiger partial charge in [0, 0.05) is 56.6 Å². The van der Waals surface area contributed by atoms with Crippen molar-refractivity contribution in [1.29, 1.82) is 0 Å². The van der Waals surface area contributed by atoms with Crippen molar-refractivity contribution in [3.63, 3.8) is 0 Å². The summed E-state index contributed by atoms with van der Waals surface area (Å²) in [6, 6.07) is 9.43. The van der Waals surface area contributed by atoms with Gasteiger partial charge in [0.25, 0.3) is 0 Å². The van der Waals surface area contributed by atoms with Gasteiger partial charge in [-0.2, -0.15) is 5.10 Å². The van der Waals surface area contributed by atoms with Crippen LogP contribution in [0.2, 0.25) is 0 Å². The molecule has 0 bridgehead atoms. The van der Waals surface area contributed by atoms with Crippen LogP contribution in [0.15, 0.2) is 45.7 Å². The maximum absolute atomic E-state index is 12.5. The number of benzene rings is 1. The first kappa shape index (κ1) is 20.0. The van der Waals surface area contributed by atoms with E-state index in [4.69, 9.17) is 9.15 Å².